The molecule has 0 aliphatic carbocycles. The summed E-state index contributed by atoms with van der Waals surface area (Å²) in [4.78, 5) is 7.37. The summed E-state index contributed by atoms with van der Waals surface area (Å²) < 4.78 is 20.9. The van der Waals surface area contributed by atoms with E-state index in [-0.39, 0.29) is 5.82 Å². The van der Waals surface area contributed by atoms with Crippen molar-refractivity contribution in [2.45, 2.75) is 6.92 Å². The maximum atomic E-state index is 13.3. The first-order chi connectivity index (χ1) is 12.0. The number of hydrogen-bond acceptors (Lipinski definition) is 3. The van der Waals surface area contributed by atoms with Crippen LogP contribution in [0.4, 0.5) is 4.39 Å². The predicted molar refractivity (Wildman–Crippen MR) is 113 cm³/mol. The van der Waals surface area contributed by atoms with Gasteiger partial charge in [-0.2, -0.15) is 5.26 Å². The number of hydrogen-bond donors (Lipinski definition) is 1. The van der Waals surface area contributed by atoms with Gasteiger partial charge in [0.25, 0.3) is 0 Å². The van der Waals surface area contributed by atoms with E-state index in [0.717, 1.165) is 18.5 Å². The summed E-state index contributed by atoms with van der Waals surface area (Å²) in [5, 5.41) is 9.52. The molecule has 25 heavy (non-hydrogen) atoms. The number of benzene rings is 2. The minimum absolute atomic E-state index is 0.346. The fourth-order valence-corrected chi connectivity index (χ4v) is 4.50. The topological polar surface area (TPSA) is 61.7 Å². The van der Waals surface area contributed by atoms with Gasteiger partial charge in [-0.15, -0.1) is 0 Å². The number of H-pyrrole nitrogens is 1. The third-order valence-corrected chi connectivity index (χ3v) is 5.04. The van der Waals surface area contributed by atoms with Crippen LogP contribution in [0.2, 0.25) is 0 Å². The highest BCUT2D eigenvalue weighted by atomic mass is 127. The molecule has 0 fully saturated rings. The van der Waals surface area contributed by atoms with Crippen molar-refractivity contribution < 1.29 is 9.13 Å². The fourth-order valence-electron chi connectivity index (χ4n) is 2.37. The van der Waals surface area contributed by atoms with Gasteiger partial charge in [0.2, 0.25) is 0 Å². The summed E-state index contributed by atoms with van der Waals surface area (Å²) in [7, 11) is 0. The quantitative estimate of drug-likeness (QED) is 0.346. The number of nitrogens with one attached hydrogen (secondary N) is 1. The van der Waals surface area contributed by atoms with Crippen LogP contribution in [-0.2, 0) is 0 Å². The molecule has 0 aliphatic heterocycles. The highest BCUT2D eigenvalue weighted by Gasteiger charge is 2.11. The number of allylic oxidation sites excluding steroid dienone is 1. The van der Waals surface area contributed by atoms with Gasteiger partial charge in [-0.05, 0) is 94.1 Å². The first-order valence-corrected chi connectivity index (χ1v) is 9.57. The van der Waals surface area contributed by atoms with Crippen LogP contribution >= 0.6 is 45.2 Å². The summed E-state index contributed by atoms with van der Waals surface area (Å²) in [6, 6.07) is 10.4. The predicted octanol–water partition coefficient (Wildman–Crippen LogP) is 5.37. The van der Waals surface area contributed by atoms with Crippen LogP contribution in [0.3, 0.4) is 0 Å². The van der Waals surface area contributed by atoms with Crippen molar-refractivity contribution in [3.8, 4) is 11.8 Å². The Morgan fingerprint density at radius 1 is 1.32 bits per heavy atom. The molecular weight excluding hydrogens is 547 g/mol. The van der Waals surface area contributed by atoms with Crippen LogP contribution in [0.1, 0.15) is 18.3 Å². The van der Waals surface area contributed by atoms with Crippen LogP contribution in [0, 0.1) is 24.3 Å². The van der Waals surface area contributed by atoms with Gasteiger partial charge in [0, 0.05) is 0 Å². The zero-order valence-electron chi connectivity index (χ0n) is 13.1. The molecular formula is C18H12FI2N3O. The molecule has 7 heteroatoms. The molecule has 1 aromatic heterocycles. The Morgan fingerprint density at radius 2 is 2.04 bits per heavy atom. The molecule has 0 atom stereocenters. The first-order valence-electron chi connectivity index (χ1n) is 7.41. The zero-order chi connectivity index (χ0) is 18.0. The first kappa shape index (κ1) is 18.1. The van der Waals surface area contributed by atoms with Crippen molar-refractivity contribution in [1.29, 1.82) is 5.26 Å². The zero-order valence-corrected chi connectivity index (χ0v) is 17.4. The molecule has 1 heterocycles. The van der Waals surface area contributed by atoms with Gasteiger partial charge in [0.15, 0.2) is 0 Å². The van der Waals surface area contributed by atoms with Gasteiger partial charge in [-0.25, -0.2) is 9.37 Å². The largest absolute Gasteiger partial charge is 0.492 e. The van der Waals surface area contributed by atoms with Crippen LogP contribution in [0.15, 0.2) is 30.3 Å². The molecule has 0 radical (unpaired) electrons. The number of nitriles is 1. The minimum Gasteiger partial charge on any atom is -0.492 e. The van der Waals surface area contributed by atoms with E-state index in [4.69, 9.17) is 4.74 Å². The molecule has 0 bridgehead atoms. The second-order valence-corrected chi connectivity index (χ2v) is 7.49. The second kappa shape index (κ2) is 7.70. The van der Waals surface area contributed by atoms with E-state index >= 15 is 0 Å². The lowest BCUT2D eigenvalue weighted by atomic mass is 10.1. The number of aromatic nitrogens is 2. The van der Waals surface area contributed by atoms with Crippen molar-refractivity contribution in [2.24, 2.45) is 0 Å². The standard InChI is InChI=1S/C18H12FI2N3O/c1-2-25-17-13(20)6-10(7-14(17)21)5-11(9-22)18-23-15-4-3-12(19)8-16(15)24-18/h3-8H,2H2,1H3,(H,23,24)/b11-5-. The third-order valence-electron chi connectivity index (χ3n) is 3.44. The number of imidazole rings is 1. The molecule has 0 unspecified atom stereocenters. The molecule has 0 saturated carbocycles. The minimum atomic E-state index is -0.346. The molecule has 3 aromatic rings. The van der Waals surface area contributed by atoms with E-state index in [0.29, 0.717) is 29.0 Å². The Balaban J connectivity index is 2.04. The number of rotatable bonds is 4. The summed E-state index contributed by atoms with van der Waals surface area (Å²) in [6.45, 7) is 2.54. The van der Waals surface area contributed by atoms with Gasteiger partial charge in [0.05, 0.1) is 30.4 Å². The Bertz CT molecular complexity index is 998. The van der Waals surface area contributed by atoms with E-state index in [1.165, 1.54) is 12.1 Å². The van der Waals surface area contributed by atoms with E-state index in [2.05, 4.69) is 61.2 Å². The number of fused-ring (bicyclic) bond motifs is 1. The lowest BCUT2D eigenvalue weighted by Crippen LogP contribution is -1.97. The summed E-state index contributed by atoms with van der Waals surface area (Å²) >= 11 is 4.43. The maximum Gasteiger partial charge on any atom is 0.149 e. The van der Waals surface area contributed by atoms with Gasteiger partial charge >= 0.3 is 0 Å². The summed E-state index contributed by atoms with van der Waals surface area (Å²) in [6.07, 6.45) is 1.76. The average Bonchev–Trinajstić information content (AvgIpc) is 2.98. The van der Waals surface area contributed by atoms with Crippen LogP contribution in [-0.4, -0.2) is 16.6 Å². The van der Waals surface area contributed by atoms with Crippen LogP contribution < -0.4 is 4.74 Å². The summed E-state index contributed by atoms with van der Waals surface area (Å²) in [5.74, 6) is 0.918. The molecule has 2 aromatic carbocycles. The highest BCUT2D eigenvalue weighted by Crippen LogP contribution is 2.30. The van der Waals surface area contributed by atoms with Gasteiger partial charge < -0.3 is 9.72 Å². The molecule has 1 N–H and O–H groups in total. The maximum absolute atomic E-state index is 13.3. The highest BCUT2D eigenvalue weighted by molar-refractivity contribution is 14.1. The molecule has 3 rings (SSSR count). The number of halogens is 3. The number of aromatic amines is 1. The fraction of sp³-hybridized carbons (Fsp3) is 0.111. The van der Waals surface area contributed by atoms with Gasteiger partial charge in [0.1, 0.15) is 23.5 Å². The molecule has 0 saturated heterocycles. The molecule has 0 spiro atoms. The lowest BCUT2D eigenvalue weighted by molar-refractivity contribution is 0.335. The van der Waals surface area contributed by atoms with Crippen molar-refractivity contribution in [2.75, 3.05) is 6.61 Å². The lowest BCUT2D eigenvalue weighted by Gasteiger charge is -2.09. The van der Waals surface area contributed by atoms with Crippen molar-refractivity contribution in [3.63, 3.8) is 0 Å². The van der Waals surface area contributed by atoms with E-state index in [1.807, 2.05) is 19.1 Å². The van der Waals surface area contributed by atoms with Gasteiger partial charge in [-0.1, -0.05) is 0 Å². The van der Waals surface area contributed by atoms with E-state index < -0.39 is 0 Å². The SMILES string of the molecule is CCOc1c(I)cc(/C=C(/C#N)c2nc3ccc(F)cc3[nH]2)cc1I. The smallest absolute Gasteiger partial charge is 0.149 e. The summed E-state index contributed by atoms with van der Waals surface area (Å²) in [5.41, 5.74) is 2.44. The van der Waals surface area contributed by atoms with E-state index in [1.54, 1.807) is 12.1 Å². The Kier molecular flexibility index (Phi) is 5.58. The molecule has 0 amide bonds. The number of nitrogens with zero attached hydrogens (tertiary/aromatic N) is 2. The molecule has 4 nitrogen and oxygen atoms in total. The van der Waals surface area contributed by atoms with Crippen LogP contribution in [0.5, 0.6) is 5.75 Å². The van der Waals surface area contributed by atoms with Crippen molar-refractivity contribution in [1.82, 2.24) is 9.97 Å². The van der Waals surface area contributed by atoms with E-state index in [9.17, 15) is 9.65 Å². The Morgan fingerprint density at radius 3 is 2.68 bits per heavy atom. The average molecular weight is 559 g/mol. The number of ether oxygens (including phenoxy) is 1. The Hall–Kier alpha value is -1.67. The van der Waals surface area contributed by atoms with Crippen molar-refractivity contribution >= 4 is 67.9 Å². The monoisotopic (exact) mass is 559 g/mol. The Labute approximate surface area is 171 Å². The molecule has 0 aliphatic rings. The molecule has 126 valence electrons. The van der Waals surface area contributed by atoms with Crippen LogP contribution in [0.25, 0.3) is 22.7 Å². The third kappa shape index (κ3) is 3.95. The second-order valence-electron chi connectivity index (χ2n) is 5.16. The normalized spacial score (nSPS) is 11.6. The van der Waals surface area contributed by atoms with Crippen molar-refractivity contribution in [3.05, 3.63) is 54.7 Å². The van der Waals surface area contributed by atoms with Gasteiger partial charge in [-0.3, -0.25) is 0 Å².